The van der Waals surface area contributed by atoms with E-state index in [0.29, 0.717) is 10.6 Å². The van der Waals surface area contributed by atoms with Crippen molar-refractivity contribution in [1.29, 1.82) is 0 Å². The molecule has 1 unspecified atom stereocenters. The van der Waals surface area contributed by atoms with Gasteiger partial charge in [-0.2, -0.15) is 0 Å². The minimum atomic E-state index is -0.286. The lowest BCUT2D eigenvalue weighted by molar-refractivity contribution is 0.413. The number of hydrogen-bond donors (Lipinski definition) is 1. The average molecular weight is 280 g/mol. The van der Waals surface area contributed by atoms with Gasteiger partial charge in [0.1, 0.15) is 11.6 Å². The molecule has 0 aromatic heterocycles. The van der Waals surface area contributed by atoms with Crippen molar-refractivity contribution in [2.45, 2.75) is 6.04 Å². The fourth-order valence-electron chi connectivity index (χ4n) is 2.06. The Balaban J connectivity index is 2.46. The van der Waals surface area contributed by atoms with E-state index in [0.717, 1.165) is 11.3 Å². The summed E-state index contributed by atoms with van der Waals surface area (Å²) >= 11 is 5.94. The minimum absolute atomic E-state index is 0.270. The third-order valence-corrected chi connectivity index (χ3v) is 3.22. The maximum atomic E-state index is 13.9. The first kappa shape index (κ1) is 13.8. The van der Waals surface area contributed by atoms with Gasteiger partial charge in [0.2, 0.25) is 0 Å². The Morgan fingerprint density at radius 1 is 1.21 bits per heavy atom. The molecule has 0 heterocycles. The SMILES string of the molecule is CNC(c1cccc(OC)c1)c1cc(Cl)ccc1F. The Hall–Kier alpha value is -1.58. The van der Waals surface area contributed by atoms with E-state index in [1.54, 1.807) is 26.3 Å². The van der Waals surface area contributed by atoms with Crippen LogP contribution in [0.25, 0.3) is 0 Å². The predicted molar refractivity (Wildman–Crippen MR) is 75.3 cm³/mol. The first-order valence-electron chi connectivity index (χ1n) is 5.92. The van der Waals surface area contributed by atoms with Crippen molar-refractivity contribution >= 4 is 11.6 Å². The van der Waals surface area contributed by atoms with Crippen LogP contribution >= 0.6 is 11.6 Å². The van der Waals surface area contributed by atoms with Crippen molar-refractivity contribution < 1.29 is 9.13 Å². The molecule has 0 amide bonds. The Morgan fingerprint density at radius 3 is 2.68 bits per heavy atom. The van der Waals surface area contributed by atoms with Crippen LogP contribution < -0.4 is 10.1 Å². The summed E-state index contributed by atoms with van der Waals surface area (Å²) in [5.41, 5.74) is 1.44. The molecule has 0 aliphatic rings. The number of hydrogen-bond acceptors (Lipinski definition) is 2. The monoisotopic (exact) mass is 279 g/mol. The van der Waals surface area contributed by atoms with Crippen molar-refractivity contribution in [3.8, 4) is 5.75 Å². The van der Waals surface area contributed by atoms with Crippen molar-refractivity contribution in [3.05, 3.63) is 64.4 Å². The quantitative estimate of drug-likeness (QED) is 0.919. The number of benzene rings is 2. The predicted octanol–water partition coefficient (Wildman–Crippen LogP) is 3.80. The molecule has 2 aromatic rings. The number of methoxy groups -OCH3 is 1. The molecular formula is C15H15ClFNO. The summed E-state index contributed by atoms with van der Waals surface area (Å²) in [5.74, 6) is 0.451. The normalized spacial score (nSPS) is 12.2. The maximum absolute atomic E-state index is 13.9. The van der Waals surface area contributed by atoms with E-state index < -0.39 is 0 Å². The highest BCUT2D eigenvalue weighted by atomic mass is 35.5. The zero-order valence-electron chi connectivity index (χ0n) is 10.8. The summed E-state index contributed by atoms with van der Waals surface area (Å²) in [4.78, 5) is 0. The molecule has 1 atom stereocenters. The second-order valence-electron chi connectivity index (χ2n) is 4.16. The van der Waals surface area contributed by atoms with Crippen LogP contribution in [-0.4, -0.2) is 14.2 Å². The number of halogens is 2. The van der Waals surface area contributed by atoms with Gasteiger partial charge in [0.25, 0.3) is 0 Å². The summed E-state index contributed by atoms with van der Waals surface area (Å²) in [6.45, 7) is 0. The highest BCUT2D eigenvalue weighted by Crippen LogP contribution is 2.28. The molecule has 19 heavy (non-hydrogen) atoms. The van der Waals surface area contributed by atoms with Crippen LogP contribution in [-0.2, 0) is 0 Å². The third kappa shape index (κ3) is 3.06. The Bertz CT molecular complexity index is 574. The van der Waals surface area contributed by atoms with Crippen molar-refractivity contribution in [2.24, 2.45) is 0 Å². The molecular weight excluding hydrogens is 265 g/mol. The van der Waals surface area contributed by atoms with Gasteiger partial charge < -0.3 is 10.1 Å². The molecule has 2 nitrogen and oxygen atoms in total. The summed E-state index contributed by atoms with van der Waals surface area (Å²) in [6, 6.07) is 11.8. The number of rotatable bonds is 4. The molecule has 0 aliphatic carbocycles. The molecule has 2 aromatic carbocycles. The topological polar surface area (TPSA) is 21.3 Å². The van der Waals surface area contributed by atoms with E-state index in [4.69, 9.17) is 16.3 Å². The lowest BCUT2D eigenvalue weighted by Gasteiger charge is -2.18. The van der Waals surface area contributed by atoms with E-state index in [9.17, 15) is 4.39 Å². The van der Waals surface area contributed by atoms with Crippen LogP contribution in [0.2, 0.25) is 5.02 Å². The molecule has 0 saturated heterocycles. The maximum Gasteiger partial charge on any atom is 0.128 e. The molecule has 100 valence electrons. The molecule has 0 spiro atoms. The Morgan fingerprint density at radius 2 is 2.00 bits per heavy atom. The zero-order chi connectivity index (χ0) is 13.8. The van der Waals surface area contributed by atoms with E-state index in [1.807, 2.05) is 24.3 Å². The second kappa shape index (κ2) is 6.04. The molecule has 0 aliphatic heterocycles. The van der Waals surface area contributed by atoms with Gasteiger partial charge in [-0.25, -0.2) is 4.39 Å². The summed E-state index contributed by atoms with van der Waals surface area (Å²) in [7, 11) is 3.39. The number of ether oxygens (including phenoxy) is 1. The summed E-state index contributed by atoms with van der Waals surface area (Å²) in [5, 5.41) is 3.61. The second-order valence-corrected chi connectivity index (χ2v) is 4.60. The Kier molecular flexibility index (Phi) is 4.40. The van der Waals surface area contributed by atoms with Crippen molar-refractivity contribution in [3.63, 3.8) is 0 Å². The van der Waals surface area contributed by atoms with Gasteiger partial charge in [0.05, 0.1) is 13.2 Å². The van der Waals surface area contributed by atoms with Crippen LogP contribution in [0, 0.1) is 5.82 Å². The van der Waals surface area contributed by atoms with Gasteiger partial charge in [-0.05, 0) is 42.9 Å². The minimum Gasteiger partial charge on any atom is -0.497 e. The number of nitrogens with one attached hydrogen (secondary N) is 1. The van der Waals surface area contributed by atoms with Gasteiger partial charge in [-0.3, -0.25) is 0 Å². The van der Waals surface area contributed by atoms with Crippen LogP contribution in [0.5, 0.6) is 5.75 Å². The van der Waals surface area contributed by atoms with Crippen molar-refractivity contribution in [2.75, 3.05) is 14.2 Å². The van der Waals surface area contributed by atoms with Crippen LogP contribution in [0.1, 0.15) is 17.2 Å². The smallest absolute Gasteiger partial charge is 0.128 e. The Labute approximate surface area is 117 Å². The fourth-order valence-corrected chi connectivity index (χ4v) is 2.24. The van der Waals surface area contributed by atoms with Gasteiger partial charge in [0.15, 0.2) is 0 Å². The van der Waals surface area contributed by atoms with Crippen LogP contribution in [0.3, 0.4) is 0 Å². The molecule has 0 fully saturated rings. The first-order chi connectivity index (χ1) is 9.15. The fraction of sp³-hybridized carbons (Fsp3) is 0.200. The molecule has 1 N–H and O–H groups in total. The van der Waals surface area contributed by atoms with Crippen LogP contribution in [0.4, 0.5) is 4.39 Å². The highest BCUT2D eigenvalue weighted by molar-refractivity contribution is 6.30. The summed E-state index contributed by atoms with van der Waals surface area (Å²) in [6.07, 6.45) is 0. The highest BCUT2D eigenvalue weighted by Gasteiger charge is 2.17. The molecule has 2 rings (SSSR count). The standard InChI is InChI=1S/C15H15ClFNO/c1-18-15(10-4-3-5-12(8-10)19-2)13-9-11(16)6-7-14(13)17/h3-9,15,18H,1-2H3. The van der Waals surface area contributed by atoms with Gasteiger partial charge >= 0.3 is 0 Å². The summed E-state index contributed by atoms with van der Waals surface area (Å²) < 4.78 is 19.1. The molecule has 0 bridgehead atoms. The zero-order valence-corrected chi connectivity index (χ0v) is 11.5. The van der Waals surface area contributed by atoms with Crippen LogP contribution in [0.15, 0.2) is 42.5 Å². The van der Waals surface area contributed by atoms with E-state index in [1.165, 1.54) is 6.07 Å². The van der Waals surface area contributed by atoms with Gasteiger partial charge in [-0.15, -0.1) is 0 Å². The largest absolute Gasteiger partial charge is 0.497 e. The first-order valence-corrected chi connectivity index (χ1v) is 6.29. The molecule has 0 saturated carbocycles. The lowest BCUT2D eigenvalue weighted by atomic mass is 9.98. The lowest BCUT2D eigenvalue weighted by Crippen LogP contribution is -2.19. The van der Waals surface area contributed by atoms with Crippen molar-refractivity contribution in [1.82, 2.24) is 5.32 Å². The van der Waals surface area contributed by atoms with Gasteiger partial charge in [0, 0.05) is 10.6 Å². The van der Waals surface area contributed by atoms with E-state index in [2.05, 4.69) is 5.32 Å². The van der Waals surface area contributed by atoms with E-state index in [-0.39, 0.29) is 11.9 Å². The third-order valence-electron chi connectivity index (χ3n) is 2.98. The molecule has 4 heteroatoms. The van der Waals surface area contributed by atoms with E-state index >= 15 is 0 Å². The molecule has 0 radical (unpaired) electrons. The average Bonchev–Trinajstić information content (AvgIpc) is 2.44. The van der Waals surface area contributed by atoms with Gasteiger partial charge in [-0.1, -0.05) is 23.7 Å².